The van der Waals surface area contributed by atoms with Crippen LogP contribution in [0.15, 0.2) is 47.5 Å². The molecule has 24 heavy (non-hydrogen) atoms. The Morgan fingerprint density at radius 3 is 2.83 bits per heavy atom. The summed E-state index contributed by atoms with van der Waals surface area (Å²) in [5, 5.41) is 6.66. The highest BCUT2D eigenvalue weighted by Crippen LogP contribution is 2.20. The molecule has 3 aromatic rings. The summed E-state index contributed by atoms with van der Waals surface area (Å²) in [4.78, 5) is 20.3. The number of nitrogens with one attached hydrogen (secondary N) is 1. The number of imidazole rings is 1. The highest BCUT2D eigenvalue weighted by Gasteiger charge is 2.15. The first-order valence-corrected chi connectivity index (χ1v) is 7.39. The van der Waals surface area contributed by atoms with Gasteiger partial charge in [0.2, 0.25) is 5.91 Å². The van der Waals surface area contributed by atoms with Crippen molar-refractivity contribution < 1.29 is 14.1 Å². The quantitative estimate of drug-likeness (QED) is 0.742. The molecule has 0 radical (unpaired) electrons. The van der Waals surface area contributed by atoms with Gasteiger partial charge in [-0.05, 0) is 31.2 Å². The number of carbonyl (C=O) groups excluding carboxylic acids is 1. The summed E-state index contributed by atoms with van der Waals surface area (Å²) in [6.45, 7) is 1.98. The molecule has 0 spiro atoms. The maximum Gasteiger partial charge on any atom is 0.257 e. The van der Waals surface area contributed by atoms with Gasteiger partial charge < -0.3 is 19.1 Å². The standard InChI is InChI=1S/C16H17N5O3/c1-11(21-8-7-17-10-21)15(22)18-9-14-19-16(24-20-14)12-3-5-13(23-2)6-4-12/h3-8,10-11H,9H2,1-2H3,(H,18,22)/t11-/m0/s1. The van der Waals surface area contributed by atoms with E-state index in [1.165, 1.54) is 0 Å². The van der Waals surface area contributed by atoms with Gasteiger partial charge in [0.05, 0.1) is 20.0 Å². The van der Waals surface area contributed by atoms with Crippen LogP contribution >= 0.6 is 0 Å². The molecular formula is C16H17N5O3. The van der Waals surface area contributed by atoms with Gasteiger partial charge in [0.25, 0.3) is 5.89 Å². The van der Waals surface area contributed by atoms with E-state index >= 15 is 0 Å². The number of benzene rings is 1. The number of aromatic nitrogens is 4. The fraction of sp³-hybridized carbons (Fsp3) is 0.250. The molecule has 0 unspecified atom stereocenters. The molecule has 0 aliphatic rings. The number of carbonyl (C=O) groups is 1. The van der Waals surface area contributed by atoms with Gasteiger partial charge in [0.1, 0.15) is 11.8 Å². The lowest BCUT2D eigenvalue weighted by atomic mass is 10.2. The minimum absolute atomic E-state index is 0.149. The first kappa shape index (κ1) is 15.7. The van der Waals surface area contributed by atoms with Crippen molar-refractivity contribution in [2.45, 2.75) is 19.5 Å². The Labute approximate surface area is 138 Å². The lowest BCUT2D eigenvalue weighted by molar-refractivity contribution is -0.124. The van der Waals surface area contributed by atoms with Crippen molar-refractivity contribution in [1.29, 1.82) is 0 Å². The smallest absolute Gasteiger partial charge is 0.257 e. The highest BCUT2D eigenvalue weighted by molar-refractivity contribution is 5.79. The second-order valence-corrected chi connectivity index (χ2v) is 5.15. The molecule has 0 fully saturated rings. The number of ether oxygens (including phenoxy) is 1. The van der Waals surface area contributed by atoms with Crippen LogP contribution in [0.5, 0.6) is 5.75 Å². The third-order valence-electron chi connectivity index (χ3n) is 3.58. The Bertz CT molecular complexity index is 795. The minimum Gasteiger partial charge on any atom is -0.497 e. The topological polar surface area (TPSA) is 95.1 Å². The summed E-state index contributed by atoms with van der Waals surface area (Å²) in [5.41, 5.74) is 0.785. The molecule has 1 aromatic carbocycles. The van der Waals surface area contributed by atoms with E-state index < -0.39 is 0 Å². The zero-order valence-electron chi connectivity index (χ0n) is 13.3. The second-order valence-electron chi connectivity index (χ2n) is 5.15. The maximum atomic E-state index is 12.1. The number of rotatable bonds is 6. The van der Waals surface area contributed by atoms with E-state index in [0.717, 1.165) is 11.3 Å². The predicted octanol–water partition coefficient (Wildman–Crippen LogP) is 1.82. The molecule has 8 heteroatoms. The number of nitrogens with zero attached hydrogens (tertiary/aromatic N) is 4. The fourth-order valence-corrected chi connectivity index (χ4v) is 2.12. The Balaban J connectivity index is 1.60. The van der Waals surface area contributed by atoms with Crippen LogP contribution in [0.25, 0.3) is 11.5 Å². The lowest BCUT2D eigenvalue weighted by Crippen LogP contribution is -2.30. The molecule has 0 saturated carbocycles. The predicted molar refractivity (Wildman–Crippen MR) is 85.1 cm³/mol. The van der Waals surface area contributed by atoms with Gasteiger partial charge in [-0.25, -0.2) is 4.98 Å². The van der Waals surface area contributed by atoms with Gasteiger partial charge in [0.15, 0.2) is 5.82 Å². The number of amides is 1. The molecule has 3 rings (SSSR count). The van der Waals surface area contributed by atoms with E-state index in [2.05, 4.69) is 20.4 Å². The van der Waals surface area contributed by atoms with E-state index in [-0.39, 0.29) is 18.5 Å². The minimum atomic E-state index is -0.361. The number of hydrogen-bond donors (Lipinski definition) is 1. The molecule has 2 heterocycles. The summed E-state index contributed by atoms with van der Waals surface area (Å²) < 4.78 is 12.0. The zero-order chi connectivity index (χ0) is 16.9. The van der Waals surface area contributed by atoms with E-state index in [9.17, 15) is 4.79 Å². The van der Waals surface area contributed by atoms with E-state index in [4.69, 9.17) is 9.26 Å². The van der Waals surface area contributed by atoms with Gasteiger partial charge >= 0.3 is 0 Å². The van der Waals surface area contributed by atoms with E-state index in [1.54, 1.807) is 37.3 Å². The van der Waals surface area contributed by atoms with Gasteiger partial charge in [0, 0.05) is 18.0 Å². The van der Waals surface area contributed by atoms with Gasteiger partial charge in [-0.1, -0.05) is 5.16 Å². The maximum absolute atomic E-state index is 12.1. The normalized spacial score (nSPS) is 11.9. The third kappa shape index (κ3) is 3.43. The van der Waals surface area contributed by atoms with E-state index in [0.29, 0.717) is 11.7 Å². The Kier molecular flexibility index (Phi) is 4.55. The zero-order valence-corrected chi connectivity index (χ0v) is 13.3. The van der Waals surface area contributed by atoms with Crippen molar-refractivity contribution >= 4 is 5.91 Å². The summed E-state index contributed by atoms with van der Waals surface area (Å²) in [5.74, 6) is 1.40. The van der Waals surface area contributed by atoms with Crippen LogP contribution < -0.4 is 10.1 Å². The van der Waals surface area contributed by atoms with Crippen molar-refractivity contribution in [2.24, 2.45) is 0 Å². The van der Waals surface area contributed by atoms with Crippen molar-refractivity contribution in [1.82, 2.24) is 25.0 Å². The number of methoxy groups -OCH3 is 1. The third-order valence-corrected chi connectivity index (χ3v) is 3.58. The first-order valence-electron chi connectivity index (χ1n) is 7.39. The van der Waals surface area contributed by atoms with Gasteiger partial charge in [-0.2, -0.15) is 4.98 Å². The Morgan fingerprint density at radius 1 is 1.38 bits per heavy atom. The molecule has 124 valence electrons. The van der Waals surface area contributed by atoms with E-state index in [1.807, 2.05) is 24.3 Å². The molecule has 0 bridgehead atoms. The van der Waals surface area contributed by atoms with Gasteiger partial charge in [-0.3, -0.25) is 4.79 Å². The molecule has 8 nitrogen and oxygen atoms in total. The average molecular weight is 327 g/mol. The summed E-state index contributed by atoms with van der Waals surface area (Å²) in [6, 6.07) is 6.92. The molecule has 2 aromatic heterocycles. The van der Waals surface area contributed by atoms with Crippen molar-refractivity contribution in [3.05, 3.63) is 48.8 Å². The molecule has 1 amide bonds. The summed E-state index contributed by atoms with van der Waals surface area (Å²) in [6.07, 6.45) is 4.96. The van der Waals surface area contributed by atoms with Crippen molar-refractivity contribution in [2.75, 3.05) is 7.11 Å². The number of hydrogen-bond acceptors (Lipinski definition) is 6. The molecular weight excluding hydrogens is 310 g/mol. The van der Waals surface area contributed by atoms with Crippen LogP contribution in [-0.4, -0.2) is 32.7 Å². The summed E-state index contributed by atoms with van der Waals surface area (Å²) >= 11 is 0. The van der Waals surface area contributed by atoms with Crippen LogP contribution in [0.3, 0.4) is 0 Å². The van der Waals surface area contributed by atoms with Crippen LogP contribution in [0.4, 0.5) is 0 Å². The Hall–Kier alpha value is -3.16. The summed E-state index contributed by atoms with van der Waals surface area (Å²) in [7, 11) is 1.60. The van der Waals surface area contributed by atoms with Crippen LogP contribution in [0, 0.1) is 0 Å². The largest absolute Gasteiger partial charge is 0.497 e. The monoisotopic (exact) mass is 327 g/mol. The van der Waals surface area contributed by atoms with Gasteiger partial charge in [-0.15, -0.1) is 0 Å². The SMILES string of the molecule is COc1ccc(-c2nc(CNC(=O)[C@H](C)n3ccnc3)no2)cc1. The van der Waals surface area contributed by atoms with Crippen LogP contribution in [0.2, 0.25) is 0 Å². The fourth-order valence-electron chi connectivity index (χ4n) is 2.12. The van der Waals surface area contributed by atoms with Crippen LogP contribution in [0.1, 0.15) is 18.8 Å². The van der Waals surface area contributed by atoms with Crippen LogP contribution in [-0.2, 0) is 11.3 Å². The van der Waals surface area contributed by atoms with Crippen molar-refractivity contribution in [3.63, 3.8) is 0 Å². The van der Waals surface area contributed by atoms with Crippen molar-refractivity contribution in [3.8, 4) is 17.2 Å². The highest BCUT2D eigenvalue weighted by atomic mass is 16.5. The molecule has 0 saturated heterocycles. The average Bonchev–Trinajstić information content (AvgIpc) is 3.31. The second kappa shape index (κ2) is 6.95. The lowest BCUT2D eigenvalue weighted by Gasteiger charge is -2.11. The molecule has 0 aliphatic heterocycles. The first-order chi connectivity index (χ1) is 11.7. The molecule has 1 N–H and O–H groups in total. The molecule has 1 atom stereocenters. The Morgan fingerprint density at radius 2 is 2.17 bits per heavy atom. The molecule has 0 aliphatic carbocycles.